The van der Waals surface area contributed by atoms with Gasteiger partial charge in [0, 0.05) is 22.9 Å². The number of rotatable bonds is 3. The van der Waals surface area contributed by atoms with Gasteiger partial charge in [0.25, 0.3) is 0 Å². The Morgan fingerprint density at radius 2 is 2.42 bits per heavy atom. The van der Waals surface area contributed by atoms with Crippen LogP contribution in [0.25, 0.3) is 0 Å². The molecular formula is C9H13NOS. The van der Waals surface area contributed by atoms with E-state index < -0.39 is 0 Å². The lowest BCUT2D eigenvalue weighted by molar-refractivity contribution is 0.0976. The maximum absolute atomic E-state index is 11.5. The molecule has 0 radical (unpaired) electrons. The average Bonchev–Trinajstić information content (AvgIpc) is 2.33. The van der Waals surface area contributed by atoms with Crippen molar-refractivity contribution in [1.82, 2.24) is 0 Å². The van der Waals surface area contributed by atoms with Crippen molar-refractivity contribution in [3.05, 3.63) is 21.9 Å². The van der Waals surface area contributed by atoms with Gasteiger partial charge in [-0.05, 0) is 25.3 Å². The number of carbonyl (C=O) groups excluding carboxylic acids is 1. The second kappa shape index (κ2) is 3.83. The van der Waals surface area contributed by atoms with Gasteiger partial charge < -0.3 is 5.73 Å². The van der Waals surface area contributed by atoms with E-state index in [1.807, 2.05) is 25.3 Å². The second-order valence-electron chi connectivity index (χ2n) is 3.00. The Morgan fingerprint density at radius 1 is 1.75 bits per heavy atom. The molecule has 0 aliphatic rings. The molecule has 1 unspecified atom stereocenters. The Labute approximate surface area is 76.4 Å². The zero-order chi connectivity index (χ0) is 9.14. The van der Waals surface area contributed by atoms with E-state index in [1.54, 1.807) is 11.3 Å². The maximum atomic E-state index is 11.5. The van der Waals surface area contributed by atoms with Crippen LogP contribution in [0.2, 0.25) is 0 Å². The van der Waals surface area contributed by atoms with Crippen LogP contribution in [-0.4, -0.2) is 11.8 Å². The summed E-state index contributed by atoms with van der Waals surface area (Å²) in [6.07, 6.45) is 0.442. The summed E-state index contributed by atoms with van der Waals surface area (Å²) in [6, 6.07) is 1.82. The normalized spacial score (nSPS) is 12.9. The van der Waals surface area contributed by atoms with Crippen molar-refractivity contribution in [2.45, 2.75) is 26.3 Å². The van der Waals surface area contributed by atoms with Gasteiger partial charge in [0.15, 0.2) is 5.78 Å². The van der Waals surface area contributed by atoms with Gasteiger partial charge in [-0.2, -0.15) is 0 Å². The number of carbonyl (C=O) groups is 1. The Bertz CT molecular complexity index is 278. The van der Waals surface area contributed by atoms with Crippen molar-refractivity contribution in [3.63, 3.8) is 0 Å². The van der Waals surface area contributed by atoms with Crippen LogP contribution < -0.4 is 5.73 Å². The molecule has 0 amide bonds. The third-order valence-electron chi connectivity index (χ3n) is 1.67. The van der Waals surface area contributed by atoms with Crippen LogP contribution in [0, 0.1) is 6.92 Å². The molecule has 0 saturated carbocycles. The number of hydrogen-bond donors (Lipinski definition) is 1. The van der Waals surface area contributed by atoms with E-state index in [4.69, 9.17) is 5.73 Å². The predicted octanol–water partition coefficient (Wildman–Crippen LogP) is 1.98. The highest BCUT2D eigenvalue weighted by molar-refractivity contribution is 7.10. The van der Waals surface area contributed by atoms with Gasteiger partial charge in [0.2, 0.25) is 0 Å². The van der Waals surface area contributed by atoms with Crippen molar-refractivity contribution < 1.29 is 4.79 Å². The van der Waals surface area contributed by atoms with Crippen molar-refractivity contribution in [1.29, 1.82) is 0 Å². The molecule has 1 heterocycles. The van der Waals surface area contributed by atoms with Gasteiger partial charge in [-0.15, -0.1) is 11.3 Å². The fourth-order valence-corrected chi connectivity index (χ4v) is 1.79. The van der Waals surface area contributed by atoms with Crippen LogP contribution in [0.1, 0.15) is 28.6 Å². The molecule has 0 aromatic carbocycles. The molecule has 12 heavy (non-hydrogen) atoms. The van der Waals surface area contributed by atoms with E-state index in [0.717, 1.165) is 10.4 Å². The topological polar surface area (TPSA) is 43.1 Å². The van der Waals surface area contributed by atoms with E-state index >= 15 is 0 Å². The standard InChI is InChI=1S/C9H13NOS/c1-6(10)5-9(11)8-3-4-12-7(8)2/h3-4,6H,5,10H2,1-2H3. The minimum absolute atomic E-state index is 0.0446. The van der Waals surface area contributed by atoms with Crippen LogP contribution in [0.4, 0.5) is 0 Å². The van der Waals surface area contributed by atoms with E-state index in [0.29, 0.717) is 6.42 Å². The second-order valence-corrected chi connectivity index (χ2v) is 4.12. The first-order valence-electron chi connectivity index (χ1n) is 3.94. The molecule has 2 nitrogen and oxygen atoms in total. The Kier molecular flexibility index (Phi) is 3.00. The summed E-state index contributed by atoms with van der Waals surface area (Å²) in [6.45, 7) is 3.80. The summed E-state index contributed by atoms with van der Waals surface area (Å²) in [7, 11) is 0. The molecule has 0 spiro atoms. The molecular weight excluding hydrogens is 170 g/mol. The summed E-state index contributed by atoms with van der Waals surface area (Å²) >= 11 is 1.60. The SMILES string of the molecule is Cc1sccc1C(=O)CC(C)N. The fraction of sp³-hybridized carbons (Fsp3) is 0.444. The molecule has 0 fully saturated rings. The van der Waals surface area contributed by atoms with Gasteiger partial charge >= 0.3 is 0 Å². The Morgan fingerprint density at radius 3 is 2.83 bits per heavy atom. The average molecular weight is 183 g/mol. The fourth-order valence-electron chi connectivity index (χ4n) is 1.08. The predicted molar refractivity (Wildman–Crippen MR) is 51.7 cm³/mol. The van der Waals surface area contributed by atoms with Crippen LogP contribution >= 0.6 is 11.3 Å². The molecule has 1 aromatic rings. The van der Waals surface area contributed by atoms with Crippen LogP contribution in [0.15, 0.2) is 11.4 Å². The number of aryl methyl sites for hydroxylation is 1. The van der Waals surface area contributed by atoms with Crippen LogP contribution in [0.5, 0.6) is 0 Å². The molecule has 0 saturated heterocycles. The minimum Gasteiger partial charge on any atom is -0.328 e. The first-order valence-corrected chi connectivity index (χ1v) is 4.82. The van der Waals surface area contributed by atoms with E-state index in [9.17, 15) is 4.79 Å². The first kappa shape index (κ1) is 9.42. The van der Waals surface area contributed by atoms with Crippen molar-refractivity contribution in [2.24, 2.45) is 5.73 Å². The Hall–Kier alpha value is -0.670. The summed E-state index contributed by atoms with van der Waals surface area (Å²) in [5.41, 5.74) is 6.36. The highest BCUT2D eigenvalue weighted by Crippen LogP contribution is 2.16. The van der Waals surface area contributed by atoms with Gasteiger partial charge in [-0.1, -0.05) is 0 Å². The monoisotopic (exact) mass is 183 g/mol. The smallest absolute Gasteiger partial charge is 0.165 e. The van der Waals surface area contributed by atoms with E-state index in [1.165, 1.54) is 0 Å². The molecule has 1 rings (SSSR count). The minimum atomic E-state index is -0.0446. The van der Waals surface area contributed by atoms with Crippen molar-refractivity contribution >= 4 is 17.1 Å². The van der Waals surface area contributed by atoms with Gasteiger partial charge in [-0.25, -0.2) is 0 Å². The lowest BCUT2D eigenvalue weighted by Gasteiger charge is -2.02. The molecule has 66 valence electrons. The highest BCUT2D eigenvalue weighted by Gasteiger charge is 2.11. The lowest BCUT2D eigenvalue weighted by atomic mass is 10.1. The lowest BCUT2D eigenvalue weighted by Crippen LogP contribution is -2.19. The first-order chi connectivity index (χ1) is 5.61. The van der Waals surface area contributed by atoms with Gasteiger partial charge in [0.1, 0.15) is 0 Å². The van der Waals surface area contributed by atoms with Gasteiger partial charge in [0.05, 0.1) is 0 Å². The van der Waals surface area contributed by atoms with Crippen LogP contribution in [-0.2, 0) is 0 Å². The molecule has 2 N–H and O–H groups in total. The van der Waals surface area contributed by atoms with E-state index in [-0.39, 0.29) is 11.8 Å². The third-order valence-corrected chi connectivity index (χ3v) is 2.51. The zero-order valence-electron chi connectivity index (χ0n) is 7.33. The molecule has 0 aliphatic heterocycles. The Balaban J connectivity index is 2.72. The highest BCUT2D eigenvalue weighted by atomic mass is 32.1. The summed E-state index contributed by atoms with van der Waals surface area (Å²) in [4.78, 5) is 12.5. The number of hydrogen-bond acceptors (Lipinski definition) is 3. The molecule has 3 heteroatoms. The molecule has 0 aliphatic carbocycles. The van der Waals surface area contributed by atoms with E-state index in [2.05, 4.69) is 0 Å². The number of nitrogens with two attached hydrogens (primary N) is 1. The number of Topliss-reactive ketones (excluding diaryl/α,β-unsaturated/α-hetero) is 1. The zero-order valence-corrected chi connectivity index (χ0v) is 8.15. The quantitative estimate of drug-likeness (QED) is 0.728. The number of ketones is 1. The third kappa shape index (κ3) is 2.16. The van der Waals surface area contributed by atoms with Gasteiger partial charge in [-0.3, -0.25) is 4.79 Å². The molecule has 1 atom stereocenters. The summed E-state index contributed by atoms with van der Waals surface area (Å²) in [5, 5.41) is 1.93. The maximum Gasteiger partial charge on any atom is 0.165 e. The summed E-state index contributed by atoms with van der Waals surface area (Å²) < 4.78 is 0. The van der Waals surface area contributed by atoms with Crippen LogP contribution in [0.3, 0.4) is 0 Å². The van der Waals surface area contributed by atoms with Crippen molar-refractivity contribution in [2.75, 3.05) is 0 Å². The molecule has 1 aromatic heterocycles. The van der Waals surface area contributed by atoms with Crippen molar-refractivity contribution in [3.8, 4) is 0 Å². The summed E-state index contributed by atoms with van der Waals surface area (Å²) in [5.74, 6) is 0.156. The molecule has 0 bridgehead atoms. The largest absolute Gasteiger partial charge is 0.328 e. The number of thiophene rings is 1.